The predicted molar refractivity (Wildman–Crippen MR) is 113 cm³/mol. The lowest BCUT2D eigenvalue weighted by molar-refractivity contribution is 0.0730. The van der Waals surface area contributed by atoms with Crippen LogP contribution in [0.5, 0.6) is 0 Å². The Morgan fingerprint density at radius 3 is 2.24 bits per heavy atom. The standard InChI is InChI=1S/C25H21N3O/c1-17-12-14-20(15-13-17)24-21-22(19-10-6-3-7-11-19)26-27-23(21)25(29)28(24)16-18-8-4-2-5-9-18/h2-15,24H,16H2,1H3,(H,26,27). The molecule has 5 rings (SSSR count). The number of hydrogen-bond acceptors (Lipinski definition) is 2. The minimum Gasteiger partial charge on any atom is -0.322 e. The number of rotatable bonds is 4. The Hall–Kier alpha value is -3.66. The zero-order valence-corrected chi connectivity index (χ0v) is 16.2. The first-order chi connectivity index (χ1) is 14.2. The Morgan fingerprint density at radius 2 is 1.55 bits per heavy atom. The normalized spacial score (nSPS) is 15.6. The molecule has 1 unspecified atom stereocenters. The lowest BCUT2D eigenvalue weighted by atomic mass is 9.95. The summed E-state index contributed by atoms with van der Waals surface area (Å²) < 4.78 is 0. The molecule has 0 fully saturated rings. The van der Waals surface area contributed by atoms with Gasteiger partial charge < -0.3 is 4.90 Å². The number of nitrogens with one attached hydrogen (secondary N) is 1. The summed E-state index contributed by atoms with van der Waals surface area (Å²) in [6.45, 7) is 2.62. The number of carbonyl (C=O) groups excluding carboxylic acids is 1. The van der Waals surface area contributed by atoms with Crippen LogP contribution < -0.4 is 0 Å². The lowest BCUT2D eigenvalue weighted by Crippen LogP contribution is -2.29. The molecule has 4 heteroatoms. The Labute approximate surface area is 169 Å². The Morgan fingerprint density at radius 1 is 0.897 bits per heavy atom. The van der Waals surface area contributed by atoms with E-state index in [9.17, 15) is 4.79 Å². The molecule has 0 saturated heterocycles. The second-order valence-corrected chi connectivity index (χ2v) is 7.46. The predicted octanol–water partition coefficient (Wildman–Crippen LogP) is 5.13. The van der Waals surface area contributed by atoms with Crippen molar-refractivity contribution < 1.29 is 4.79 Å². The summed E-state index contributed by atoms with van der Waals surface area (Å²) in [5, 5.41) is 7.54. The largest absolute Gasteiger partial charge is 0.322 e. The first-order valence-electron chi connectivity index (χ1n) is 9.77. The van der Waals surface area contributed by atoms with Gasteiger partial charge in [-0.15, -0.1) is 0 Å². The molecule has 4 nitrogen and oxygen atoms in total. The van der Waals surface area contributed by atoms with Gasteiger partial charge in [-0.05, 0) is 18.1 Å². The number of hydrogen-bond donors (Lipinski definition) is 1. The van der Waals surface area contributed by atoms with Crippen molar-refractivity contribution in [1.29, 1.82) is 0 Å². The molecule has 1 aromatic heterocycles. The molecular weight excluding hydrogens is 358 g/mol. The molecule has 3 aromatic carbocycles. The van der Waals surface area contributed by atoms with Gasteiger partial charge in [0.1, 0.15) is 5.69 Å². The van der Waals surface area contributed by atoms with E-state index in [4.69, 9.17) is 0 Å². The van der Waals surface area contributed by atoms with E-state index in [1.165, 1.54) is 5.56 Å². The number of amides is 1. The molecule has 1 amide bonds. The summed E-state index contributed by atoms with van der Waals surface area (Å²) in [4.78, 5) is 15.3. The molecule has 0 saturated carbocycles. The van der Waals surface area contributed by atoms with Crippen LogP contribution in [0.1, 0.15) is 38.8 Å². The number of H-pyrrole nitrogens is 1. The van der Waals surface area contributed by atoms with Gasteiger partial charge in [-0.1, -0.05) is 90.5 Å². The maximum atomic E-state index is 13.4. The fraction of sp³-hybridized carbons (Fsp3) is 0.120. The van der Waals surface area contributed by atoms with Gasteiger partial charge in [0.05, 0.1) is 11.7 Å². The van der Waals surface area contributed by atoms with E-state index in [2.05, 4.69) is 53.5 Å². The van der Waals surface area contributed by atoms with Crippen molar-refractivity contribution in [3.05, 3.63) is 113 Å². The van der Waals surface area contributed by atoms with Gasteiger partial charge in [-0.3, -0.25) is 9.89 Å². The fourth-order valence-corrected chi connectivity index (χ4v) is 4.05. The summed E-state index contributed by atoms with van der Waals surface area (Å²) in [6, 6.07) is 28.4. The summed E-state index contributed by atoms with van der Waals surface area (Å²) in [7, 11) is 0. The highest BCUT2D eigenvalue weighted by Gasteiger charge is 2.42. The molecule has 2 heterocycles. The molecule has 142 valence electrons. The van der Waals surface area contributed by atoms with Crippen molar-refractivity contribution in [3.63, 3.8) is 0 Å². The lowest BCUT2D eigenvalue weighted by Gasteiger charge is -2.26. The highest BCUT2D eigenvalue weighted by atomic mass is 16.2. The number of aromatic amines is 1. The molecule has 0 bridgehead atoms. The minimum absolute atomic E-state index is 0.0101. The van der Waals surface area contributed by atoms with Crippen LogP contribution in [0, 0.1) is 6.92 Å². The second kappa shape index (κ2) is 7.06. The van der Waals surface area contributed by atoms with Crippen LogP contribution in [0.2, 0.25) is 0 Å². The van der Waals surface area contributed by atoms with E-state index in [1.807, 2.05) is 53.4 Å². The molecule has 0 spiro atoms. The third-order valence-corrected chi connectivity index (χ3v) is 5.50. The first-order valence-corrected chi connectivity index (χ1v) is 9.77. The summed E-state index contributed by atoms with van der Waals surface area (Å²) in [5.41, 5.74) is 6.80. The SMILES string of the molecule is Cc1ccc(C2c3c(-c4ccccc4)n[nH]c3C(=O)N2Cc2ccccc2)cc1. The van der Waals surface area contributed by atoms with Crippen molar-refractivity contribution in [1.82, 2.24) is 15.1 Å². The van der Waals surface area contributed by atoms with Gasteiger partial charge in [-0.25, -0.2) is 0 Å². The number of carbonyl (C=O) groups is 1. The Bertz CT molecular complexity index is 1150. The van der Waals surface area contributed by atoms with Gasteiger partial charge in [0.2, 0.25) is 0 Å². The number of aryl methyl sites for hydroxylation is 1. The average Bonchev–Trinajstić information content (AvgIpc) is 3.30. The van der Waals surface area contributed by atoms with Crippen molar-refractivity contribution >= 4 is 5.91 Å². The molecule has 1 atom stereocenters. The number of nitrogens with zero attached hydrogens (tertiary/aromatic N) is 2. The van der Waals surface area contributed by atoms with E-state index >= 15 is 0 Å². The Balaban J connectivity index is 1.65. The van der Waals surface area contributed by atoms with Gasteiger partial charge in [-0.2, -0.15) is 5.10 Å². The van der Waals surface area contributed by atoms with Crippen LogP contribution in [-0.4, -0.2) is 21.0 Å². The third kappa shape index (κ3) is 3.03. The van der Waals surface area contributed by atoms with Crippen LogP contribution in [0.25, 0.3) is 11.3 Å². The fourth-order valence-electron chi connectivity index (χ4n) is 4.05. The zero-order chi connectivity index (χ0) is 19.8. The van der Waals surface area contributed by atoms with E-state index in [0.29, 0.717) is 12.2 Å². The van der Waals surface area contributed by atoms with Gasteiger partial charge >= 0.3 is 0 Å². The van der Waals surface area contributed by atoms with Crippen molar-refractivity contribution in [2.45, 2.75) is 19.5 Å². The number of fused-ring (bicyclic) bond motifs is 1. The van der Waals surface area contributed by atoms with E-state index < -0.39 is 0 Å². The molecule has 0 radical (unpaired) electrons. The summed E-state index contributed by atoms with van der Waals surface area (Å²) in [5.74, 6) is -0.0101. The van der Waals surface area contributed by atoms with Gasteiger partial charge in [0.25, 0.3) is 5.91 Å². The monoisotopic (exact) mass is 379 g/mol. The van der Waals surface area contributed by atoms with E-state index in [1.54, 1.807) is 0 Å². The molecule has 1 N–H and O–H groups in total. The Kier molecular flexibility index (Phi) is 4.24. The molecular formula is C25H21N3O. The van der Waals surface area contributed by atoms with Gasteiger partial charge in [0.15, 0.2) is 0 Å². The van der Waals surface area contributed by atoms with Crippen molar-refractivity contribution in [2.24, 2.45) is 0 Å². The average molecular weight is 379 g/mol. The molecule has 29 heavy (non-hydrogen) atoms. The van der Waals surface area contributed by atoms with Crippen LogP contribution in [0.15, 0.2) is 84.9 Å². The molecule has 1 aliphatic heterocycles. The minimum atomic E-state index is -0.174. The second-order valence-electron chi connectivity index (χ2n) is 7.46. The topological polar surface area (TPSA) is 49.0 Å². The smallest absolute Gasteiger partial charge is 0.273 e. The maximum Gasteiger partial charge on any atom is 0.273 e. The van der Waals surface area contributed by atoms with E-state index in [-0.39, 0.29) is 11.9 Å². The molecule has 1 aliphatic rings. The van der Waals surface area contributed by atoms with Crippen LogP contribution >= 0.6 is 0 Å². The zero-order valence-electron chi connectivity index (χ0n) is 16.2. The number of benzene rings is 3. The summed E-state index contributed by atoms with van der Waals surface area (Å²) in [6.07, 6.45) is 0. The quantitative estimate of drug-likeness (QED) is 0.534. The van der Waals surface area contributed by atoms with Crippen LogP contribution in [-0.2, 0) is 6.54 Å². The molecule has 4 aromatic rings. The highest BCUT2D eigenvalue weighted by Crippen LogP contribution is 2.43. The maximum absolute atomic E-state index is 13.4. The van der Waals surface area contributed by atoms with Gasteiger partial charge in [0, 0.05) is 17.7 Å². The first kappa shape index (κ1) is 17.4. The van der Waals surface area contributed by atoms with Crippen LogP contribution in [0.4, 0.5) is 0 Å². The van der Waals surface area contributed by atoms with Crippen LogP contribution in [0.3, 0.4) is 0 Å². The summed E-state index contributed by atoms with van der Waals surface area (Å²) >= 11 is 0. The van der Waals surface area contributed by atoms with Crippen molar-refractivity contribution in [3.8, 4) is 11.3 Å². The molecule has 0 aliphatic carbocycles. The highest BCUT2D eigenvalue weighted by molar-refractivity contribution is 6.00. The number of aromatic nitrogens is 2. The van der Waals surface area contributed by atoms with E-state index in [0.717, 1.165) is 27.9 Å². The third-order valence-electron chi connectivity index (χ3n) is 5.50. The van der Waals surface area contributed by atoms with Crippen molar-refractivity contribution in [2.75, 3.05) is 0 Å².